The molecule has 6 heteroatoms. The molecule has 0 saturated carbocycles. The lowest BCUT2D eigenvalue weighted by Gasteiger charge is -2.15. The molecule has 0 bridgehead atoms. The predicted octanol–water partition coefficient (Wildman–Crippen LogP) is 3.03. The number of carbonyl (C=O) groups is 1. The minimum atomic E-state index is -0.201. The zero-order valence-corrected chi connectivity index (χ0v) is 13.9. The van der Waals surface area contributed by atoms with Crippen LogP contribution in [0.15, 0.2) is 29.8 Å². The molecular formula is C16H21N3O2S. The summed E-state index contributed by atoms with van der Waals surface area (Å²) in [5.74, 6) is 0.814. The van der Waals surface area contributed by atoms with Crippen LogP contribution < -0.4 is 15.4 Å². The normalized spacial score (nSPS) is 11.8. The second kappa shape index (κ2) is 7.79. The van der Waals surface area contributed by atoms with Crippen LogP contribution in [0.3, 0.4) is 0 Å². The van der Waals surface area contributed by atoms with E-state index < -0.39 is 0 Å². The van der Waals surface area contributed by atoms with Gasteiger partial charge in [0, 0.05) is 4.88 Å². The maximum absolute atomic E-state index is 11.8. The van der Waals surface area contributed by atoms with Gasteiger partial charge in [-0.15, -0.1) is 11.3 Å². The number of hydrogen-bond donors (Lipinski definition) is 2. The summed E-state index contributed by atoms with van der Waals surface area (Å²) in [7, 11) is 0. The van der Waals surface area contributed by atoms with Crippen molar-refractivity contribution in [3.63, 3.8) is 0 Å². The van der Waals surface area contributed by atoms with E-state index in [2.05, 4.69) is 15.6 Å². The fourth-order valence-corrected chi connectivity index (χ4v) is 2.62. The van der Waals surface area contributed by atoms with Gasteiger partial charge in [0.05, 0.1) is 23.8 Å². The number of rotatable bonds is 6. The van der Waals surface area contributed by atoms with Crippen LogP contribution in [0.1, 0.15) is 23.1 Å². The number of ether oxygens (including phenoxy) is 1. The van der Waals surface area contributed by atoms with Crippen LogP contribution in [-0.4, -0.2) is 23.7 Å². The van der Waals surface area contributed by atoms with Crippen molar-refractivity contribution < 1.29 is 9.53 Å². The fourth-order valence-electron chi connectivity index (χ4n) is 1.90. The Morgan fingerprint density at radius 3 is 2.91 bits per heavy atom. The van der Waals surface area contributed by atoms with Crippen LogP contribution in [-0.2, 0) is 6.54 Å². The predicted molar refractivity (Wildman–Crippen MR) is 88.4 cm³/mol. The largest absolute Gasteiger partial charge is 0.491 e. The molecule has 2 amide bonds. The van der Waals surface area contributed by atoms with Gasteiger partial charge in [-0.25, -0.2) is 9.78 Å². The third-order valence-corrected chi connectivity index (χ3v) is 4.06. The first-order chi connectivity index (χ1) is 10.5. The molecule has 118 valence electrons. The van der Waals surface area contributed by atoms with E-state index in [0.717, 1.165) is 21.9 Å². The van der Waals surface area contributed by atoms with E-state index in [1.165, 1.54) is 0 Å². The molecule has 2 aromatic rings. The lowest BCUT2D eigenvalue weighted by Crippen LogP contribution is -2.42. The topological polar surface area (TPSA) is 63.2 Å². The fraction of sp³-hybridized carbons (Fsp3) is 0.375. The smallest absolute Gasteiger partial charge is 0.315 e. The molecule has 5 nitrogen and oxygen atoms in total. The van der Waals surface area contributed by atoms with E-state index in [4.69, 9.17) is 4.74 Å². The van der Waals surface area contributed by atoms with Gasteiger partial charge in [-0.2, -0.15) is 0 Å². The van der Waals surface area contributed by atoms with Gasteiger partial charge in [0.2, 0.25) is 0 Å². The molecule has 1 atom stereocenters. The molecular weight excluding hydrogens is 298 g/mol. The van der Waals surface area contributed by atoms with Crippen molar-refractivity contribution in [2.45, 2.75) is 33.4 Å². The number of aryl methyl sites for hydroxylation is 2. The van der Waals surface area contributed by atoms with Gasteiger partial charge in [0.15, 0.2) is 0 Å². The number of amides is 2. The third-order valence-electron chi connectivity index (χ3n) is 3.12. The van der Waals surface area contributed by atoms with Gasteiger partial charge in [-0.1, -0.05) is 12.1 Å². The van der Waals surface area contributed by atoms with Crippen LogP contribution in [0.2, 0.25) is 0 Å². The number of carbonyl (C=O) groups excluding carboxylic acids is 1. The molecule has 1 heterocycles. The Bertz CT molecular complexity index is 627. The van der Waals surface area contributed by atoms with Crippen LogP contribution in [0, 0.1) is 13.8 Å². The SMILES string of the molecule is Cc1cccc(OCC(C)NC(=O)NCc2scnc2C)c1. The molecule has 2 N–H and O–H groups in total. The van der Waals surface area contributed by atoms with Gasteiger partial charge in [-0.3, -0.25) is 0 Å². The van der Waals surface area contributed by atoms with Gasteiger partial charge in [0.1, 0.15) is 12.4 Å². The van der Waals surface area contributed by atoms with Gasteiger partial charge >= 0.3 is 6.03 Å². The second-order valence-corrected chi connectivity index (χ2v) is 6.16. The number of urea groups is 1. The molecule has 0 aliphatic carbocycles. The Kier molecular flexibility index (Phi) is 5.77. The van der Waals surface area contributed by atoms with Crippen molar-refractivity contribution in [1.82, 2.24) is 15.6 Å². The molecule has 0 fully saturated rings. The average Bonchev–Trinajstić information content (AvgIpc) is 2.88. The summed E-state index contributed by atoms with van der Waals surface area (Å²) in [6.07, 6.45) is 0. The average molecular weight is 319 g/mol. The van der Waals surface area contributed by atoms with Crippen LogP contribution in [0.4, 0.5) is 4.79 Å². The Morgan fingerprint density at radius 2 is 2.23 bits per heavy atom. The highest BCUT2D eigenvalue weighted by Crippen LogP contribution is 2.12. The highest BCUT2D eigenvalue weighted by Gasteiger charge is 2.09. The first-order valence-electron chi connectivity index (χ1n) is 7.17. The van der Waals surface area contributed by atoms with Crippen molar-refractivity contribution in [1.29, 1.82) is 0 Å². The van der Waals surface area contributed by atoms with Crippen molar-refractivity contribution in [3.05, 3.63) is 45.9 Å². The van der Waals surface area contributed by atoms with Crippen LogP contribution in [0.25, 0.3) is 0 Å². The van der Waals surface area contributed by atoms with E-state index in [1.807, 2.05) is 45.0 Å². The summed E-state index contributed by atoms with van der Waals surface area (Å²) in [6, 6.07) is 7.57. The van der Waals surface area contributed by atoms with E-state index in [0.29, 0.717) is 13.2 Å². The van der Waals surface area contributed by atoms with E-state index in [-0.39, 0.29) is 12.1 Å². The number of nitrogens with zero attached hydrogens (tertiary/aromatic N) is 1. The third kappa shape index (κ3) is 5.04. The highest BCUT2D eigenvalue weighted by molar-refractivity contribution is 7.09. The molecule has 2 rings (SSSR count). The monoisotopic (exact) mass is 319 g/mol. The van der Waals surface area contributed by atoms with Gasteiger partial charge in [0.25, 0.3) is 0 Å². The van der Waals surface area contributed by atoms with Gasteiger partial charge in [-0.05, 0) is 38.5 Å². The quantitative estimate of drug-likeness (QED) is 0.860. The Hall–Kier alpha value is -2.08. The minimum Gasteiger partial charge on any atom is -0.491 e. The number of thiazole rings is 1. The highest BCUT2D eigenvalue weighted by atomic mass is 32.1. The van der Waals surface area contributed by atoms with E-state index in [1.54, 1.807) is 16.8 Å². The van der Waals surface area contributed by atoms with E-state index in [9.17, 15) is 4.79 Å². The van der Waals surface area contributed by atoms with Crippen molar-refractivity contribution >= 4 is 17.4 Å². The van der Waals surface area contributed by atoms with Crippen molar-refractivity contribution in [2.24, 2.45) is 0 Å². The van der Waals surface area contributed by atoms with Crippen LogP contribution in [0.5, 0.6) is 5.75 Å². The van der Waals surface area contributed by atoms with Crippen molar-refractivity contribution in [3.8, 4) is 5.75 Å². The Balaban J connectivity index is 1.71. The lowest BCUT2D eigenvalue weighted by molar-refractivity contribution is 0.226. The summed E-state index contributed by atoms with van der Waals surface area (Å²) < 4.78 is 5.67. The molecule has 0 saturated heterocycles. The van der Waals surface area contributed by atoms with Crippen molar-refractivity contribution in [2.75, 3.05) is 6.61 Å². The molecule has 1 aromatic heterocycles. The first-order valence-corrected chi connectivity index (χ1v) is 8.05. The lowest BCUT2D eigenvalue weighted by atomic mass is 10.2. The molecule has 1 unspecified atom stereocenters. The summed E-state index contributed by atoms with van der Waals surface area (Å²) in [5, 5.41) is 5.68. The first kappa shape index (κ1) is 16.3. The molecule has 0 aliphatic rings. The number of hydrogen-bond acceptors (Lipinski definition) is 4. The molecule has 22 heavy (non-hydrogen) atoms. The maximum atomic E-state index is 11.8. The zero-order valence-electron chi connectivity index (χ0n) is 13.1. The minimum absolute atomic E-state index is 0.0805. The second-order valence-electron chi connectivity index (χ2n) is 5.22. The maximum Gasteiger partial charge on any atom is 0.315 e. The summed E-state index contributed by atoms with van der Waals surface area (Å²) in [5.41, 5.74) is 3.89. The number of benzene rings is 1. The summed E-state index contributed by atoms with van der Waals surface area (Å²) >= 11 is 1.54. The summed E-state index contributed by atoms with van der Waals surface area (Å²) in [4.78, 5) is 17.1. The number of nitrogens with one attached hydrogen (secondary N) is 2. The Morgan fingerprint density at radius 1 is 1.41 bits per heavy atom. The summed E-state index contributed by atoms with van der Waals surface area (Å²) in [6.45, 7) is 6.78. The standard InChI is InChI=1S/C16H21N3O2S/c1-11-5-4-6-14(7-11)21-9-12(2)19-16(20)17-8-15-13(3)18-10-22-15/h4-7,10,12H,8-9H2,1-3H3,(H2,17,19,20). The van der Waals surface area contributed by atoms with Crippen LogP contribution >= 0.6 is 11.3 Å². The van der Waals surface area contributed by atoms with Gasteiger partial charge < -0.3 is 15.4 Å². The molecule has 1 aromatic carbocycles. The number of aromatic nitrogens is 1. The molecule has 0 aliphatic heterocycles. The Labute approximate surface area is 134 Å². The molecule has 0 radical (unpaired) electrons. The van der Waals surface area contributed by atoms with E-state index >= 15 is 0 Å². The zero-order chi connectivity index (χ0) is 15.9. The molecule has 0 spiro atoms.